The van der Waals surface area contributed by atoms with E-state index in [9.17, 15) is 18.3 Å². The molecule has 33 heavy (non-hydrogen) atoms. The molecule has 0 unspecified atom stereocenters. The van der Waals surface area contributed by atoms with Crippen LogP contribution in [0.3, 0.4) is 0 Å². The summed E-state index contributed by atoms with van der Waals surface area (Å²) in [4.78, 5) is 15.1. The minimum atomic E-state index is -4.54. The Balaban J connectivity index is 1.55. The number of aryl methyl sites for hydroxylation is 1. The summed E-state index contributed by atoms with van der Waals surface area (Å²) >= 11 is 1.45. The Bertz CT molecular complexity index is 1120. The Morgan fingerprint density at radius 2 is 1.88 bits per heavy atom. The highest BCUT2D eigenvalue weighted by Crippen LogP contribution is 2.42. The highest BCUT2D eigenvalue weighted by atomic mass is 32.1. The average Bonchev–Trinajstić information content (AvgIpc) is 3.25. The molecule has 1 aliphatic carbocycles. The Kier molecular flexibility index (Phi) is 6.43. The molecule has 0 atom stereocenters. The van der Waals surface area contributed by atoms with E-state index in [4.69, 9.17) is 0 Å². The van der Waals surface area contributed by atoms with Crippen LogP contribution in [0.5, 0.6) is 0 Å². The molecule has 2 aromatic heterocycles. The largest absolute Gasteiger partial charge is 0.433 e. The SMILES string of the molecule is Cc1cc(Nc2nccc(C(F)(F)F)n2)cc(-c2cnc(C3(O)CCC(N(C)C)CC3)s2)c1. The van der Waals surface area contributed by atoms with Gasteiger partial charge in [-0.3, -0.25) is 0 Å². The number of hydrogen-bond acceptors (Lipinski definition) is 7. The highest BCUT2D eigenvalue weighted by Gasteiger charge is 2.38. The lowest BCUT2D eigenvalue weighted by Gasteiger charge is -2.37. The lowest BCUT2D eigenvalue weighted by Crippen LogP contribution is -2.39. The second-order valence-corrected chi connectivity index (χ2v) is 9.76. The van der Waals surface area contributed by atoms with Gasteiger partial charge in [0.1, 0.15) is 16.3 Å². The predicted octanol–water partition coefficient (Wildman–Crippen LogP) is 5.36. The molecule has 10 heteroatoms. The number of aliphatic hydroxyl groups is 1. The van der Waals surface area contributed by atoms with Gasteiger partial charge in [0.2, 0.25) is 5.95 Å². The molecule has 1 saturated carbocycles. The predicted molar refractivity (Wildman–Crippen MR) is 122 cm³/mol. The average molecular weight is 478 g/mol. The molecule has 1 fully saturated rings. The van der Waals surface area contributed by atoms with Crippen molar-refractivity contribution in [2.45, 2.75) is 50.4 Å². The third-order valence-corrected chi connectivity index (χ3v) is 7.22. The van der Waals surface area contributed by atoms with Crippen LogP contribution in [-0.2, 0) is 11.8 Å². The van der Waals surface area contributed by atoms with Crippen molar-refractivity contribution >= 4 is 23.0 Å². The van der Waals surface area contributed by atoms with Crippen molar-refractivity contribution in [3.05, 3.63) is 52.9 Å². The van der Waals surface area contributed by atoms with Crippen molar-refractivity contribution in [2.75, 3.05) is 19.4 Å². The zero-order valence-corrected chi connectivity index (χ0v) is 19.5. The number of aromatic nitrogens is 3. The monoisotopic (exact) mass is 477 g/mol. The minimum absolute atomic E-state index is 0.127. The second kappa shape index (κ2) is 9.00. The third kappa shape index (κ3) is 5.34. The van der Waals surface area contributed by atoms with Crippen LogP contribution in [0.2, 0.25) is 0 Å². The normalized spacial score (nSPS) is 21.4. The third-order valence-electron chi connectivity index (χ3n) is 5.98. The molecule has 2 heterocycles. The van der Waals surface area contributed by atoms with E-state index in [2.05, 4.69) is 39.3 Å². The Morgan fingerprint density at radius 1 is 1.15 bits per heavy atom. The van der Waals surface area contributed by atoms with Crippen LogP contribution < -0.4 is 5.32 Å². The van der Waals surface area contributed by atoms with Gasteiger partial charge >= 0.3 is 6.18 Å². The Labute approximate surface area is 194 Å². The van der Waals surface area contributed by atoms with Gasteiger partial charge in [-0.15, -0.1) is 11.3 Å². The maximum absolute atomic E-state index is 13.0. The van der Waals surface area contributed by atoms with Crippen molar-refractivity contribution in [3.63, 3.8) is 0 Å². The van der Waals surface area contributed by atoms with Crippen molar-refractivity contribution in [1.82, 2.24) is 19.9 Å². The number of benzene rings is 1. The molecule has 1 aromatic carbocycles. The quantitative estimate of drug-likeness (QED) is 0.515. The standard InChI is InChI=1S/C23H26F3N5OS/c1-14-10-15(12-16(11-14)29-21-27-9-6-19(30-21)23(24,25)26)18-13-28-20(33-18)22(32)7-4-17(5-8-22)31(2)3/h6,9-13,17,32H,4-5,7-8H2,1-3H3,(H,27,29,30). The number of alkyl halides is 3. The van der Waals surface area contributed by atoms with Gasteiger partial charge in [0.05, 0.1) is 4.88 Å². The van der Waals surface area contributed by atoms with Crippen LogP contribution in [0, 0.1) is 6.92 Å². The molecule has 0 spiro atoms. The smallest absolute Gasteiger partial charge is 0.383 e. The zero-order chi connectivity index (χ0) is 23.8. The van der Waals surface area contributed by atoms with Crippen molar-refractivity contribution < 1.29 is 18.3 Å². The van der Waals surface area contributed by atoms with E-state index in [-0.39, 0.29) is 5.95 Å². The number of hydrogen-bond donors (Lipinski definition) is 2. The van der Waals surface area contributed by atoms with Gasteiger partial charge in [-0.2, -0.15) is 13.2 Å². The fourth-order valence-corrected chi connectivity index (χ4v) is 5.19. The van der Waals surface area contributed by atoms with Crippen LogP contribution >= 0.6 is 11.3 Å². The first kappa shape index (κ1) is 23.6. The molecule has 2 N–H and O–H groups in total. The fourth-order valence-electron chi connectivity index (χ4n) is 4.14. The van der Waals surface area contributed by atoms with Crippen LogP contribution in [-0.4, -0.2) is 45.1 Å². The minimum Gasteiger partial charge on any atom is -0.383 e. The van der Waals surface area contributed by atoms with Crippen LogP contribution in [0.25, 0.3) is 10.4 Å². The number of nitrogens with zero attached hydrogens (tertiary/aromatic N) is 4. The molecule has 6 nitrogen and oxygen atoms in total. The Hall–Kier alpha value is -2.56. The molecule has 176 valence electrons. The molecular formula is C23H26F3N5OS. The second-order valence-electron chi connectivity index (χ2n) is 8.73. The van der Waals surface area contributed by atoms with Crippen molar-refractivity contribution in [2.24, 2.45) is 0 Å². The van der Waals surface area contributed by atoms with Gasteiger partial charge in [0, 0.05) is 24.1 Å². The number of rotatable bonds is 5. The summed E-state index contributed by atoms with van der Waals surface area (Å²) in [6, 6.07) is 6.91. The molecule has 0 saturated heterocycles. The maximum atomic E-state index is 13.0. The van der Waals surface area contributed by atoms with Gasteiger partial charge in [-0.25, -0.2) is 15.0 Å². The van der Waals surface area contributed by atoms with Crippen LogP contribution in [0.4, 0.5) is 24.8 Å². The van der Waals surface area contributed by atoms with E-state index in [0.717, 1.165) is 41.1 Å². The molecule has 0 aliphatic heterocycles. The first-order valence-electron chi connectivity index (χ1n) is 10.7. The number of anilines is 2. The highest BCUT2D eigenvalue weighted by molar-refractivity contribution is 7.15. The van der Waals surface area contributed by atoms with Gasteiger partial charge in [-0.05, 0) is 76.0 Å². The molecule has 0 bridgehead atoms. The van der Waals surface area contributed by atoms with E-state index in [1.54, 1.807) is 6.20 Å². The molecule has 3 aromatic rings. The van der Waals surface area contributed by atoms with Crippen LogP contribution in [0.15, 0.2) is 36.7 Å². The van der Waals surface area contributed by atoms with E-state index >= 15 is 0 Å². The maximum Gasteiger partial charge on any atom is 0.433 e. The lowest BCUT2D eigenvalue weighted by atomic mass is 9.82. The number of nitrogens with one attached hydrogen (secondary N) is 1. The summed E-state index contributed by atoms with van der Waals surface area (Å²) in [6.07, 6.45) is 1.43. The van der Waals surface area contributed by atoms with E-state index in [1.807, 2.05) is 25.1 Å². The lowest BCUT2D eigenvalue weighted by molar-refractivity contribution is -0.141. The number of halogens is 3. The summed E-state index contributed by atoms with van der Waals surface area (Å²) < 4.78 is 38.9. The van der Waals surface area contributed by atoms with E-state index in [1.165, 1.54) is 11.3 Å². The van der Waals surface area contributed by atoms with Gasteiger partial charge in [-0.1, -0.05) is 6.07 Å². The summed E-state index contributed by atoms with van der Waals surface area (Å²) in [7, 11) is 4.12. The first-order chi connectivity index (χ1) is 15.5. The summed E-state index contributed by atoms with van der Waals surface area (Å²) in [6.45, 7) is 1.90. The number of thiazole rings is 1. The van der Waals surface area contributed by atoms with Crippen LogP contribution in [0.1, 0.15) is 41.9 Å². The molecule has 4 rings (SSSR count). The Morgan fingerprint density at radius 3 is 2.55 bits per heavy atom. The zero-order valence-electron chi connectivity index (χ0n) is 18.6. The van der Waals surface area contributed by atoms with E-state index < -0.39 is 17.5 Å². The summed E-state index contributed by atoms with van der Waals surface area (Å²) in [5.41, 5.74) is 0.425. The molecule has 0 radical (unpaired) electrons. The first-order valence-corrected chi connectivity index (χ1v) is 11.5. The summed E-state index contributed by atoms with van der Waals surface area (Å²) in [5.74, 6) is -0.127. The van der Waals surface area contributed by atoms with Crippen molar-refractivity contribution in [3.8, 4) is 10.4 Å². The molecule has 0 amide bonds. The van der Waals surface area contributed by atoms with Gasteiger partial charge in [0.15, 0.2) is 0 Å². The van der Waals surface area contributed by atoms with E-state index in [0.29, 0.717) is 29.6 Å². The topological polar surface area (TPSA) is 74.2 Å². The van der Waals surface area contributed by atoms with Gasteiger partial charge in [0.25, 0.3) is 0 Å². The molecule has 1 aliphatic rings. The van der Waals surface area contributed by atoms with Crippen molar-refractivity contribution in [1.29, 1.82) is 0 Å². The van der Waals surface area contributed by atoms with Gasteiger partial charge < -0.3 is 15.3 Å². The molecular weight excluding hydrogens is 451 g/mol. The summed E-state index contributed by atoms with van der Waals surface area (Å²) in [5, 5.41) is 14.8. The fraction of sp³-hybridized carbons (Fsp3) is 0.435.